The first kappa shape index (κ1) is 22.5. The average molecular weight is 465 g/mol. The van der Waals surface area contributed by atoms with E-state index in [0.29, 0.717) is 33.3 Å². The molecule has 1 N–H and O–H groups in total. The lowest BCUT2D eigenvalue weighted by Crippen LogP contribution is -2.15. The lowest BCUT2D eigenvalue weighted by Gasteiger charge is -2.16. The van der Waals surface area contributed by atoms with Gasteiger partial charge in [-0.3, -0.25) is 4.79 Å². The number of benzene rings is 2. The Labute approximate surface area is 189 Å². The van der Waals surface area contributed by atoms with Crippen molar-refractivity contribution < 1.29 is 9.53 Å². The Hall–Kier alpha value is -2.22. The van der Waals surface area contributed by atoms with Crippen LogP contribution in [-0.4, -0.2) is 26.4 Å². The number of rotatable bonds is 8. The highest BCUT2D eigenvalue weighted by Crippen LogP contribution is 2.32. The number of nitrogens with one attached hydrogen (secondary N) is 1. The Morgan fingerprint density at radius 2 is 1.93 bits per heavy atom. The lowest BCUT2D eigenvalue weighted by atomic mass is 10.2. The topological polar surface area (TPSA) is 69.0 Å². The van der Waals surface area contributed by atoms with Crippen molar-refractivity contribution in [3.8, 4) is 5.75 Å². The molecular formula is C21H22Cl2N4O2S. The molecule has 158 valence electrons. The maximum Gasteiger partial charge on any atom is 0.234 e. The summed E-state index contributed by atoms with van der Waals surface area (Å²) < 4.78 is 7.88. The number of thioether (sulfide) groups is 1. The van der Waals surface area contributed by atoms with Crippen molar-refractivity contribution in [3.05, 3.63) is 63.9 Å². The van der Waals surface area contributed by atoms with E-state index in [0.717, 1.165) is 11.3 Å². The SMILES string of the molecule is CCn1c(SCC(=O)Nc2ccc(C)cc2)nnc1C(C)Oc1cc(Cl)ccc1Cl. The molecular weight excluding hydrogens is 443 g/mol. The van der Waals surface area contributed by atoms with Crippen molar-refractivity contribution in [2.75, 3.05) is 11.1 Å². The van der Waals surface area contributed by atoms with E-state index in [4.69, 9.17) is 27.9 Å². The summed E-state index contributed by atoms with van der Waals surface area (Å²) in [5, 5.41) is 13.0. The highest BCUT2D eigenvalue weighted by Gasteiger charge is 2.20. The predicted molar refractivity (Wildman–Crippen MR) is 122 cm³/mol. The molecule has 1 unspecified atom stereocenters. The first-order valence-corrected chi connectivity index (χ1v) is 11.2. The molecule has 0 fully saturated rings. The van der Waals surface area contributed by atoms with Gasteiger partial charge in [-0.2, -0.15) is 0 Å². The second kappa shape index (κ2) is 10.2. The van der Waals surface area contributed by atoms with Gasteiger partial charge in [-0.25, -0.2) is 0 Å². The van der Waals surface area contributed by atoms with Gasteiger partial charge in [0.2, 0.25) is 5.91 Å². The minimum Gasteiger partial charge on any atom is -0.481 e. The standard InChI is InChI=1S/C21H22Cl2N4O2S/c1-4-27-20(14(3)29-18-11-15(22)7-10-17(18)23)25-26-21(27)30-12-19(28)24-16-8-5-13(2)6-9-16/h5-11,14H,4,12H2,1-3H3,(H,24,28). The van der Waals surface area contributed by atoms with Gasteiger partial charge in [-0.1, -0.05) is 52.7 Å². The Morgan fingerprint density at radius 3 is 2.63 bits per heavy atom. The molecule has 1 amide bonds. The molecule has 6 nitrogen and oxygen atoms in total. The number of carbonyl (C=O) groups is 1. The number of aromatic nitrogens is 3. The van der Waals surface area contributed by atoms with Crippen molar-refractivity contribution in [3.63, 3.8) is 0 Å². The van der Waals surface area contributed by atoms with E-state index in [2.05, 4.69) is 15.5 Å². The number of halogens is 2. The van der Waals surface area contributed by atoms with Gasteiger partial charge in [0.1, 0.15) is 5.75 Å². The van der Waals surface area contributed by atoms with Crippen LogP contribution in [0.25, 0.3) is 0 Å². The molecule has 0 aliphatic carbocycles. The molecule has 9 heteroatoms. The molecule has 1 atom stereocenters. The molecule has 0 spiro atoms. The molecule has 0 radical (unpaired) electrons. The summed E-state index contributed by atoms with van der Waals surface area (Å²) in [6.07, 6.45) is -0.399. The summed E-state index contributed by atoms with van der Waals surface area (Å²) in [7, 11) is 0. The van der Waals surface area contributed by atoms with Crippen molar-refractivity contribution in [2.45, 2.75) is 38.6 Å². The van der Waals surface area contributed by atoms with Crippen LogP contribution in [-0.2, 0) is 11.3 Å². The van der Waals surface area contributed by atoms with Crippen molar-refractivity contribution in [1.29, 1.82) is 0 Å². The second-order valence-electron chi connectivity index (χ2n) is 6.62. The molecule has 0 aliphatic rings. The average Bonchev–Trinajstić information content (AvgIpc) is 3.14. The van der Waals surface area contributed by atoms with Gasteiger partial charge in [-0.05, 0) is 45.0 Å². The summed E-state index contributed by atoms with van der Waals surface area (Å²) in [6, 6.07) is 12.7. The van der Waals surface area contributed by atoms with Crippen LogP contribution in [0.5, 0.6) is 5.75 Å². The number of anilines is 1. The van der Waals surface area contributed by atoms with Crippen LogP contribution in [0.15, 0.2) is 47.6 Å². The zero-order valence-electron chi connectivity index (χ0n) is 16.9. The van der Waals surface area contributed by atoms with Crippen molar-refractivity contribution in [1.82, 2.24) is 14.8 Å². The fraction of sp³-hybridized carbons (Fsp3) is 0.286. The molecule has 3 rings (SSSR count). The Kier molecular flexibility index (Phi) is 7.64. The summed E-state index contributed by atoms with van der Waals surface area (Å²) in [5.74, 6) is 1.25. The van der Waals surface area contributed by atoms with Crippen LogP contribution in [0.4, 0.5) is 5.69 Å². The number of ether oxygens (including phenoxy) is 1. The maximum absolute atomic E-state index is 12.3. The molecule has 30 heavy (non-hydrogen) atoms. The highest BCUT2D eigenvalue weighted by atomic mass is 35.5. The number of aryl methyl sites for hydroxylation is 1. The molecule has 3 aromatic rings. The van der Waals surface area contributed by atoms with Crippen LogP contribution in [0.3, 0.4) is 0 Å². The molecule has 0 saturated heterocycles. The van der Waals surface area contributed by atoms with Crippen molar-refractivity contribution in [2.24, 2.45) is 0 Å². The quantitative estimate of drug-likeness (QED) is 0.427. The minimum atomic E-state index is -0.399. The number of hydrogen-bond acceptors (Lipinski definition) is 5. The van der Waals surface area contributed by atoms with E-state index in [1.54, 1.807) is 18.2 Å². The van der Waals surface area contributed by atoms with Gasteiger partial charge in [0, 0.05) is 23.3 Å². The third-order valence-electron chi connectivity index (χ3n) is 4.29. The smallest absolute Gasteiger partial charge is 0.234 e. The summed E-state index contributed by atoms with van der Waals surface area (Å²) in [6.45, 7) is 6.50. The fourth-order valence-electron chi connectivity index (χ4n) is 2.78. The van der Waals surface area contributed by atoms with Crippen LogP contribution in [0.1, 0.15) is 31.3 Å². The van der Waals surface area contributed by atoms with Gasteiger partial charge in [0.15, 0.2) is 17.1 Å². The minimum absolute atomic E-state index is 0.105. The van der Waals surface area contributed by atoms with Crippen molar-refractivity contribution >= 4 is 46.6 Å². The van der Waals surface area contributed by atoms with E-state index >= 15 is 0 Å². The molecule has 1 heterocycles. The van der Waals surface area contributed by atoms with Gasteiger partial charge in [-0.15, -0.1) is 10.2 Å². The normalized spacial score (nSPS) is 11.9. The molecule has 1 aromatic heterocycles. The van der Waals surface area contributed by atoms with Gasteiger partial charge >= 0.3 is 0 Å². The maximum atomic E-state index is 12.3. The van der Waals surface area contributed by atoms with Gasteiger partial charge in [0.05, 0.1) is 10.8 Å². The summed E-state index contributed by atoms with van der Waals surface area (Å²) in [4.78, 5) is 12.3. The van der Waals surface area contributed by atoms with Gasteiger partial charge < -0.3 is 14.6 Å². The monoisotopic (exact) mass is 464 g/mol. The fourth-order valence-corrected chi connectivity index (χ4v) is 3.91. The number of carbonyl (C=O) groups excluding carboxylic acids is 1. The third-order valence-corrected chi connectivity index (χ3v) is 5.80. The Morgan fingerprint density at radius 1 is 1.20 bits per heavy atom. The lowest BCUT2D eigenvalue weighted by molar-refractivity contribution is -0.113. The zero-order valence-corrected chi connectivity index (χ0v) is 19.2. The van der Waals surface area contributed by atoms with E-state index in [9.17, 15) is 4.79 Å². The largest absolute Gasteiger partial charge is 0.481 e. The summed E-state index contributed by atoms with van der Waals surface area (Å²) >= 11 is 13.6. The van der Waals surface area contributed by atoms with E-state index < -0.39 is 6.10 Å². The van der Waals surface area contributed by atoms with Crippen LogP contribution < -0.4 is 10.1 Å². The van der Waals surface area contributed by atoms with Crippen LogP contribution in [0.2, 0.25) is 10.0 Å². The zero-order chi connectivity index (χ0) is 21.7. The first-order valence-electron chi connectivity index (χ1n) is 9.41. The number of hydrogen-bond donors (Lipinski definition) is 1. The molecule has 2 aromatic carbocycles. The van der Waals surface area contributed by atoms with Crippen LogP contribution >= 0.6 is 35.0 Å². The Balaban J connectivity index is 1.65. The molecule has 0 aliphatic heterocycles. The van der Waals surface area contributed by atoms with Crippen LogP contribution in [0, 0.1) is 6.92 Å². The summed E-state index contributed by atoms with van der Waals surface area (Å²) in [5.41, 5.74) is 1.91. The van der Waals surface area contributed by atoms with E-state index in [1.807, 2.05) is 49.6 Å². The first-order chi connectivity index (χ1) is 14.4. The second-order valence-corrected chi connectivity index (χ2v) is 8.41. The molecule has 0 saturated carbocycles. The highest BCUT2D eigenvalue weighted by molar-refractivity contribution is 7.99. The predicted octanol–water partition coefficient (Wildman–Crippen LogP) is 5.78. The molecule has 0 bridgehead atoms. The number of amides is 1. The van der Waals surface area contributed by atoms with E-state index in [1.165, 1.54) is 11.8 Å². The Bertz CT molecular complexity index is 1020. The van der Waals surface area contributed by atoms with Gasteiger partial charge in [0.25, 0.3) is 0 Å². The van der Waals surface area contributed by atoms with E-state index in [-0.39, 0.29) is 11.7 Å². The third kappa shape index (κ3) is 5.68. The number of nitrogens with zero attached hydrogens (tertiary/aromatic N) is 3.